The standard InChI is InChI=1S/C30H27N7O3S2/c1-30(2)12-22-26(23(38)13-30)25(18-6-10-20(40-3)11-7-18)21(15-32)27(33)37(22)28-35-36-29(42-28)41-16-24(39)34-19-8-4-17(14-31)5-9-19/h4-11,25H,12-13,16,33H2,1-3H3,(H,34,39). The lowest BCUT2D eigenvalue weighted by molar-refractivity contribution is -0.118. The predicted molar refractivity (Wildman–Crippen MR) is 161 cm³/mol. The minimum Gasteiger partial charge on any atom is -0.497 e. The molecule has 0 fully saturated rings. The summed E-state index contributed by atoms with van der Waals surface area (Å²) in [5.74, 6) is 0.0738. The van der Waals surface area contributed by atoms with Gasteiger partial charge in [0.15, 0.2) is 10.1 Å². The summed E-state index contributed by atoms with van der Waals surface area (Å²) in [5, 5.41) is 31.0. The predicted octanol–water partition coefficient (Wildman–Crippen LogP) is 5.09. The Morgan fingerprint density at radius 2 is 1.86 bits per heavy atom. The van der Waals surface area contributed by atoms with E-state index in [0.717, 1.165) is 5.56 Å². The first kappa shape index (κ1) is 28.9. The summed E-state index contributed by atoms with van der Waals surface area (Å²) in [6, 6.07) is 18.2. The largest absolute Gasteiger partial charge is 0.497 e. The van der Waals surface area contributed by atoms with E-state index in [1.54, 1.807) is 48.4 Å². The molecule has 1 amide bonds. The van der Waals surface area contributed by atoms with Gasteiger partial charge in [-0.3, -0.25) is 14.5 Å². The number of aromatic nitrogens is 2. The van der Waals surface area contributed by atoms with E-state index in [1.165, 1.54) is 23.1 Å². The molecule has 2 heterocycles. The van der Waals surface area contributed by atoms with Crippen molar-refractivity contribution in [2.45, 2.75) is 36.9 Å². The molecule has 42 heavy (non-hydrogen) atoms. The van der Waals surface area contributed by atoms with E-state index >= 15 is 0 Å². The maximum absolute atomic E-state index is 13.7. The van der Waals surface area contributed by atoms with Crippen molar-refractivity contribution in [2.75, 3.05) is 23.1 Å². The van der Waals surface area contributed by atoms with E-state index in [1.807, 2.05) is 32.0 Å². The zero-order chi connectivity index (χ0) is 30.0. The van der Waals surface area contributed by atoms with Gasteiger partial charge < -0.3 is 15.8 Å². The molecule has 10 nitrogen and oxygen atoms in total. The number of rotatable bonds is 7. The Kier molecular flexibility index (Phi) is 8.03. The molecule has 2 aromatic carbocycles. The van der Waals surface area contributed by atoms with Gasteiger partial charge in [0.2, 0.25) is 11.0 Å². The number of methoxy groups -OCH3 is 1. The van der Waals surface area contributed by atoms with Crippen LogP contribution in [0.4, 0.5) is 10.8 Å². The summed E-state index contributed by atoms with van der Waals surface area (Å²) in [7, 11) is 1.58. The van der Waals surface area contributed by atoms with Crippen LogP contribution in [0.5, 0.6) is 5.75 Å². The molecule has 1 unspecified atom stereocenters. The normalized spacial score (nSPS) is 17.8. The fraction of sp³-hybridized carbons (Fsp3) is 0.267. The lowest BCUT2D eigenvalue weighted by Crippen LogP contribution is -2.42. The molecule has 0 radical (unpaired) electrons. The molecule has 0 bridgehead atoms. The molecule has 1 aliphatic carbocycles. The maximum Gasteiger partial charge on any atom is 0.234 e. The third kappa shape index (κ3) is 5.73. The van der Waals surface area contributed by atoms with E-state index in [9.17, 15) is 14.9 Å². The highest BCUT2D eigenvalue weighted by Gasteiger charge is 2.45. The number of ketones is 1. The number of amides is 1. The summed E-state index contributed by atoms with van der Waals surface area (Å²) in [5.41, 5.74) is 9.74. The number of ether oxygens (including phenoxy) is 1. The Morgan fingerprint density at radius 1 is 1.14 bits per heavy atom. The topological polar surface area (TPSA) is 158 Å². The first-order chi connectivity index (χ1) is 20.1. The van der Waals surface area contributed by atoms with Crippen LogP contribution in [0.2, 0.25) is 0 Å². The van der Waals surface area contributed by atoms with Gasteiger partial charge in [-0.2, -0.15) is 10.5 Å². The van der Waals surface area contributed by atoms with Crippen LogP contribution in [-0.2, 0) is 9.59 Å². The van der Waals surface area contributed by atoms with Crippen molar-refractivity contribution < 1.29 is 14.3 Å². The van der Waals surface area contributed by atoms with Gasteiger partial charge in [0.25, 0.3) is 0 Å². The highest BCUT2D eigenvalue weighted by Crippen LogP contribution is 2.50. The van der Waals surface area contributed by atoms with Crippen molar-refractivity contribution in [3.05, 3.63) is 82.3 Å². The van der Waals surface area contributed by atoms with Crippen LogP contribution in [0.25, 0.3) is 0 Å². The smallest absolute Gasteiger partial charge is 0.234 e. The van der Waals surface area contributed by atoms with Crippen LogP contribution in [-0.4, -0.2) is 34.8 Å². The van der Waals surface area contributed by atoms with E-state index in [4.69, 9.17) is 15.7 Å². The number of allylic oxidation sites excluding steroid dienone is 3. The summed E-state index contributed by atoms with van der Waals surface area (Å²) in [6.07, 6.45) is 0.895. The van der Waals surface area contributed by atoms with Crippen molar-refractivity contribution in [3.63, 3.8) is 0 Å². The van der Waals surface area contributed by atoms with Gasteiger partial charge >= 0.3 is 0 Å². The molecule has 12 heteroatoms. The molecule has 3 aromatic rings. The number of nitrogens with two attached hydrogens (primary N) is 1. The second-order valence-corrected chi connectivity index (χ2v) is 12.8. The van der Waals surface area contributed by atoms with Crippen molar-refractivity contribution in [2.24, 2.45) is 11.1 Å². The number of nitrogens with one attached hydrogen (secondary N) is 1. The molecule has 1 aliphatic heterocycles. The van der Waals surface area contributed by atoms with Gasteiger partial charge in [0, 0.05) is 23.4 Å². The number of carbonyl (C=O) groups is 2. The van der Waals surface area contributed by atoms with Crippen molar-refractivity contribution in [1.82, 2.24) is 10.2 Å². The van der Waals surface area contributed by atoms with E-state index in [-0.39, 0.29) is 34.3 Å². The maximum atomic E-state index is 13.7. The SMILES string of the molecule is COc1ccc(C2C(C#N)=C(N)N(c3nnc(SCC(=O)Nc4ccc(C#N)cc4)s3)C3=C2C(=O)CC(C)(C)C3)cc1. The van der Waals surface area contributed by atoms with Gasteiger partial charge in [-0.05, 0) is 53.8 Å². The molecule has 1 aromatic heterocycles. The number of nitrogens with zero attached hydrogens (tertiary/aromatic N) is 5. The second kappa shape index (κ2) is 11.7. The summed E-state index contributed by atoms with van der Waals surface area (Å²) in [6.45, 7) is 4.06. The molecule has 0 spiro atoms. The van der Waals surface area contributed by atoms with Crippen LogP contribution < -0.4 is 20.7 Å². The highest BCUT2D eigenvalue weighted by atomic mass is 32.2. The highest BCUT2D eigenvalue weighted by molar-refractivity contribution is 8.01. The van der Waals surface area contributed by atoms with Gasteiger partial charge in [0.05, 0.1) is 42.1 Å². The number of hydrogen-bond donors (Lipinski definition) is 2. The minimum atomic E-state index is -0.608. The number of thioether (sulfide) groups is 1. The second-order valence-electron chi connectivity index (χ2n) is 10.6. The molecule has 212 valence electrons. The van der Waals surface area contributed by atoms with Crippen LogP contribution in [0, 0.1) is 28.1 Å². The minimum absolute atomic E-state index is 0.0362. The zero-order valence-electron chi connectivity index (χ0n) is 23.2. The monoisotopic (exact) mass is 597 g/mol. The first-order valence-electron chi connectivity index (χ1n) is 13.0. The fourth-order valence-corrected chi connectivity index (χ4v) is 6.84. The Balaban J connectivity index is 1.44. The Morgan fingerprint density at radius 3 is 2.50 bits per heavy atom. The Labute approximate surface area is 251 Å². The van der Waals surface area contributed by atoms with Crippen LogP contribution >= 0.6 is 23.1 Å². The van der Waals surface area contributed by atoms with Gasteiger partial charge in [-0.25, -0.2) is 0 Å². The quantitative estimate of drug-likeness (QED) is 0.351. The van der Waals surface area contributed by atoms with Gasteiger partial charge in [-0.1, -0.05) is 49.1 Å². The summed E-state index contributed by atoms with van der Waals surface area (Å²) in [4.78, 5) is 27.9. The third-order valence-corrected chi connectivity index (χ3v) is 9.08. The van der Waals surface area contributed by atoms with Crippen LogP contribution in [0.1, 0.15) is 43.7 Å². The number of anilines is 2. The molecule has 3 N–H and O–H groups in total. The van der Waals surface area contributed by atoms with Crippen LogP contribution in [0.15, 0.2) is 75.5 Å². The number of benzene rings is 2. The zero-order valence-corrected chi connectivity index (χ0v) is 24.8. The Bertz CT molecular complexity index is 1690. The molecular weight excluding hydrogens is 571 g/mol. The molecule has 5 rings (SSSR count). The molecule has 2 aliphatic rings. The Hall–Kier alpha value is -4.65. The van der Waals surface area contributed by atoms with Gasteiger partial charge in [0.1, 0.15) is 11.6 Å². The lowest BCUT2D eigenvalue weighted by Gasteiger charge is -2.42. The number of Topliss-reactive ketones (excluding diaryl/α,β-unsaturated/α-hetero) is 1. The average Bonchev–Trinajstić information content (AvgIpc) is 3.44. The summed E-state index contributed by atoms with van der Waals surface area (Å²) < 4.78 is 5.83. The summed E-state index contributed by atoms with van der Waals surface area (Å²) >= 11 is 2.45. The molecule has 0 saturated carbocycles. The fourth-order valence-electron chi connectivity index (χ4n) is 5.16. The van der Waals surface area contributed by atoms with E-state index < -0.39 is 5.92 Å². The third-order valence-electron chi connectivity index (χ3n) is 7.04. The van der Waals surface area contributed by atoms with E-state index in [0.29, 0.717) is 50.6 Å². The van der Waals surface area contributed by atoms with Crippen molar-refractivity contribution in [1.29, 1.82) is 10.5 Å². The number of carbonyl (C=O) groups excluding carboxylic acids is 2. The lowest BCUT2D eigenvalue weighted by atomic mass is 9.68. The van der Waals surface area contributed by atoms with Crippen LogP contribution in [0.3, 0.4) is 0 Å². The van der Waals surface area contributed by atoms with Crippen molar-refractivity contribution >= 4 is 45.6 Å². The molecule has 1 atom stereocenters. The van der Waals surface area contributed by atoms with Crippen molar-refractivity contribution in [3.8, 4) is 17.9 Å². The number of hydrogen-bond acceptors (Lipinski definition) is 11. The van der Waals surface area contributed by atoms with E-state index in [2.05, 4.69) is 21.6 Å². The number of nitriles is 2. The average molecular weight is 598 g/mol. The molecule has 0 saturated heterocycles. The van der Waals surface area contributed by atoms with Gasteiger partial charge in [-0.15, -0.1) is 10.2 Å². The first-order valence-corrected chi connectivity index (χ1v) is 14.8. The molecular formula is C30H27N7O3S2.